The summed E-state index contributed by atoms with van der Waals surface area (Å²) in [7, 11) is 0. The van der Waals surface area contributed by atoms with Gasteiger partial charge in [0, 0.05) is 18.2 Å². The third kappa shape index (κ3) is 2.96. The van der Waals surface area contributed by atoms with E-state index in [1.165, 1.54) is 11.1 Å². The highest BCUT2D eigenvalue weighted by atomic mass is 16.6. The summed E-state index contributed by atoms with van der Waals surface area (Å²) in [5, 5.41) is 0. The van der Waals surface area contributed by atoms with Gasteiger partial charge in [0.15, 0.2) is 11.5 Å². The van der Waals surface area contributed by atoms with Gasteiger partial charge >= 0.3 is 0 Å². The molecule has 1 aliphatic carbocycles. The van der Waals surface area contributed by atoms with Crippen molar-refractivity contribution in [3.05, 3.63) is 59.2 Å². The van der Waals surface area contributed by atoms with E-state index in [1.54, 1.807) is 0 Å². The number of carbonyl (C=O) groups excluding carboxylic acids is 1. The molecular weight excluding hydrogens is 302 g/mol. The molecule has 1 saturated carbocycles. The van der Waals surface area contributed by atoms with Crippen LogP contribution in [0.4, 0.5) is 0 Å². The number of carbonyl (C=O) groups is 1. The highest BCUT2D eigenvalue weighted by Crippen LogP contribution is 2.34. The lowest BCUT2D eigenvalue weighted by molar-refractivity contribution is 0.0728. The van der Waals surface area contributed by atoms with E-state index in [-0.39, 0.29) is 5.91 Å². The van der Waals surface area contributed by atoms with Crippen molar-refractivity contribution in [2.24, 2.45) is 0 Å². The Balaban J connectivity index is 1.59. The van der Waals surface area contributed by atoms with Crippen LogP contribution in [0, 0.1) is 6.92 Å². The molecule has 0 bridgehead atoms. The van der Waals surface area contributed by atoms with Crippen LogP contribution in [0.5, 0.6) is 11.5 Å². The predicted octanol–water partition coefficient (Wildman–Crippen LogP) is 3.57. The number of amides is 1. The van der Waals surface area contributed by atoms with Gasteiger partial charge in [-0.15, -0.1) is 0 Å². The van der Waals surface area contributed by atoms with Crippen LogP contribution in [0.15, 0.2) is 42.5 Å². The zero-order chi connectivity index (χ0) is 16.5. The molecule has 1 heterocycles. The van der Waals surface area contributed by atoms with Crippen molar-refractivity contribution < 1.29 is 14.3 Å². The monoisotopic (exact) mass is 323 g/mol. The van der Waals surface area contributed by atoms with Crippen molar-refractivity contribution in [2.75, 3.05) is 13.2 Å². The first-order chi connectivity index (χ1) is 11.7. The number of aryl methyl sites for hydroxylation is 1. The number of nitrogens with zero attached hydrogens (tertiary/aromatic N) is 1. The van der Waals surface area contributed by atoms with Gasteiger partial charge in [0.2, 0.25) is 0 Å². The molecule has 4 rings (SSSR count). The standard InChI is InChI=1S/C20H21NO3/c1-14-4-2-3-5-16(14)13-21(17-7-8-17)20(22)15-6-9-18-19(12-15)24-11-10-23-18/h2-6,9,12,17H,7-8,10-11,13H2,1H3. The van der Waals surface area contributed by atoms with Gasteiger partial charge in [0.25, 0.3) is 5.91 Å². The van der Waals surface area contributed by atoms with E-state index in [1.807, 2.05) is 35.2 Å². The summed E-state index contributed by atoms with van der Waals surface area (Å²) < 4.78 is 11.2. The molecule has 2 aromatic rings. The zero-order valence-corrected chi connectivity index (χ0v) is 13.8. The summed E-state index contributed by atoms with van der Waals surface area (Å²) in [6.07, 6.45) is 2.17. The number of hydrogen-bond donors (Lipinski definition) is 0. The summed E-state index contributed by atoms with van der Waals surface area (Å²) in [6, 6.07) is 14.1. The van der Waals surface area contributed by atoms with Crippen LogP contribution in [0.3, 0.4) is 0 Å². The van der Waals surface area contributed by atoms with Gasteiger partial charge in [-0.1, -0.05) is 24.3 Å². The van der Waals surface area contributed by atoms with E-state index in [9.17, 15) is 4.79 Å². The van der Waals surface area contributed by atoms with Gasteiger partial charge in [0.1, 0.15) is 13.2 Å². The van der Waals surface area contributed by atoms with E-state index in [4.69, 9.17) is 9.47 Å². The maximum Gasteiger partial charge on any atom is 0.254 e. The Morgan fingerprint density at radius 3 is 2.58 bits per heavy atom. The Labute approximate surface area is 142 Å². The Morgan fingerprint density at radius 2 is 1.83 bits per heavy atom. The summed E-state index contributed by atoms with van der Waals surface area (Å²) in [5.74, 6) is 1.45. The molecule has 4 heteroatoms. The first-order valence-corrected chi connectivity index (χ1v) is 8.47. The van der Waals surface area contributed by atoms with Gasteiger partial charge in [-0.3, -0.25) is 4.79 Å². The van der Waals surface area contributed by atoms with Crippen molar-refractivity contribution in [1.29, 1.82) is 0 Å². The van der Waals surface area contributed by atoms with Crippen LogP contribution in [0.25, 0.3) is 0 Å². The summed E-state index contributed by atoms with van der Waals surface area (Å²) >= 11 is 0. The first-order valence-electron chi connectivity index (χ1n) is 8.47. The van der Waals surface area contributed by atoms with Gasteiger partial charge in [-0.05, 0) is 49.1 Å². The Morgan fingerprint density at radius 1 is 1.08 bits per heavy atom. The second-order valence-corrected chi connectivity index (χ2v) is 6.45. The average Bonchev–Trinajstić information content (AvgIpc) is 3.45. The number of ether oxygens (including phenoxy) is 2. The molecule has 0 aromatic heterocycles. The van der Waals surface area contributed by atoms with Crippen LogP contribution < -0.4 is 9.47 Å². The number of benzene rings is 2. The van der Waals surface area contributed by atoms with Crippen LogP contribution in [-0.2, 0) is 6.54 Å². The average molecular weight is 323 g/mol. The SMILES string of the molecule is Cc1ccccc1CN(C(=O)c1ccc2c(c1)OCCO2)C1CC1. The second-order valence-electron chi connectivity index (χ2n) is 6.45. The summed E-state index contributed by atoms with van der Waals surface area (Å²) in [4.78, 5) is 15.1. The molecule has 24 heavy (non-hydrogen) atoms. The fourth-order valence-electron chi connectivity index (χ4n) is 3.07. The second kappa shape index (κ2) is 6.19. The van der Waals surface area contributed by atoms with Gasteiger partial charge in [-0.25, -0.2) is 0 Å². The summed E-state index contributed by atoms with van der Waals surface area (Å²) in [6.45, 7) is 3.83. The lowest BCUT2D eigenvalue weighted by Crippen LogP contribution is -2.33. The molecule has 0 saturated heterocycles. The smallest absolute Gasteiger partial charge is 0.254 e. The molecule has 0 atom stereocenters. The maximum absolute atomic E-state index is 13.1. The van der Waals surface area contributed by atoms with Crippen molar-refractivity contribution in [3.63, 3.8) is 0 Å². The zero-order valence-electron chi connectivity index (χ0n) is 13.8. The molecule has 0 spiro atoms. The largest absolute Gasteiger partial charge is 0.486 e. The van der Waals surface area contributed by atoms with Crippen molar-refractivity contribution in [1.82, 2.24) is 4.90 Å². The molecular formula is C20H21NO3. The molecule has 124 valence electrons. The molecule has 0 N–H and O–H groups in total. The number of hydrogen-bond acceptors (Lipinski definition) is 3. The minimum Gasteiger partial charge on any atom is -0.486 e. The molecule has 1 aliphatic heterocycles. The predicted molar refractivity (Wildman–Crippen MR) is 91.5 cm³/mol. The highest BCUT2D eigenvalue weighted by Gasteiger charge is 2.33. The Hall–Kier alpha value is -2.49. The lowest BCUT2D eigenvalue weighted by Gasteiger charge is -2.25. The molecule has 1 fully saturated rings. The third-order valence-corrected chi connectivity index (χ3v) is 4.64. The minimum absolute atomic E-state index is 0.0673. The van der Waals surface area contributed by atoms with Crippen molar-refractivity contribution in [2.45, 2.75) is 32.4 Å². The van der Waals surface area contributed by atoms with Gasteiger partial charge in [-0.2, -0.15) is 0 Å². The number of fused-ring (bicyclic) bond motifs is 1. The van der Waals surface area contributed by atoms with Crippen molar-refractivity contribution >= 4 is 5.91 Å². The molecule has 4 nitrogen and oxygen atoms in total. The van der Waals surface area contributed by atoms with Crippen LogP contribution in [-0.4, -0.2) is 30.1 Å². The van der Waals surface area contributed by atoms with Crippen LogP contribution >= 0.6 is 0 Å². The quantitative estimate of drug-likeness (QED) is 0.863. The van der Waals surface area contributed by atoms with Crippen LogP contribution in [0.2, 0.25) is 0 Å². The molecule has 0 radical (unpaired) electrons. The lowest BCUT2D eigenvalue weighted by atomic mass is 10.1. The summed E-state index contributed by atoms with van der Waals surface area (Å²) in [5.41, 5.74) is 3.09. The molecule has 1 amide bonds. The Kier molecular flexibility index (Phi) is 3.89. The Bertz CT molecular complexity index is 767. The van der Waals surface area contributed by atoms with Crippen molar-refractivity contribution in [3.8, 4) is 11.5 Å². The molecule has 2 aromatic carbocycles. The topological polar surface area (TPSA) is 38.8 Å². The van der Waals surface area contributed by atoms with E-state index >= 15 is 0 Å². The molecule has 2 aliphatic rings. The van der Waals surface area contributed by atoms with Gasteiger partial charge in [0.05, 0.1) is 0 Å². The third-order valence-electron chi connectivity index (χ3n) is 4.64. The number of rotatable bonds is 4. The molecule has 0 unspecified atom stereocenters. The van der Waals surface area contributed by atoms with E-state index < -0.39 is 0 Å². The van der Waals surface area contributed by atoms with Gasteiger partial charge < -0.3 is 14.4 Å². The highest BCUT2D eigenvalue weighted by molar-refractivity contribution is 5.95. The minimum atomic E-state index is 0.0673. The maximum atomic E-state index is 13.1. The fourth-order valence-corrected chi connectivity index (χ4v) is 3.07. The van der Waals surface area contributed by atoms with E-state index in [0.717, 1.165) is 18.6 Å². The fraction of sp³-hybridized carbons (Fsp3) is 0.350. The normalized spacial score (nSPS) is 15.9. The van der Waals surface area contributed by atoms with E-state index in [0.29, 0.717) is 37.1 Å². The first kappa shape index (κ1) is 15.1. The van der Waals surface area contributed by atoms with Crippen LogP contribution in [0.1, 0.15) is 34.3 Å². The van der Waals surface area contributed by atoms with E-state index in [2.05, 4.69) is 19.1 Å².